The van der Waals surface area contributed by atoms with Gasteiger partial charge in [-0.3, -0.25) is 4.79 Å². The van der Waals surface area contributed by atoms with E-state index in [9.17, 15) is 9.59 Å². The molecule has 2 N–H and O–H groups in total. The van der Waals surface area contributed by atoms with Gasteiger partial charge in [0, 0.05) is 29.5 Å². The molecule has 1 atom stereocenters. The average Bonchev–Trinajstić information content (AvgIpc) is 3.07. The molecule has 5 heteroatoms. The Labute approximate surface area is 176 Å². The highest BCUT2D eigenvalue weighted by Crippen LogP contribution is 2.34. The summed E-state index contributed by atoms with van der Waals surface area (Å²) in [7, 11) is 0. The Bertz CT molecular complexity index is 1080. The Morgan fingerprint density at radius 1 is 1.00 bits per heavy atom. The van der Waals surface area contributed by atoms with Gasteiger partial charge in [-0.2, -0.15) is 0 Å². The van der Waals surface area contributed by atoms with E-state index in [-0.39, 0.29) is 18.0 Å². The second-order valence-corrected chi connectivity index (χ2v) is 7.73. The molecule has 0 aliphatic carbocycles. The summed E-state index contributed by atoms with van der Waals surface area (Å²) in [5, 5.41) is 5.74. The zero-order valence-corrected chi connectivity index (χ0v) is 17.2. The van der Waals surface area contributed by atoms with Crippen LogP contribution in [0.5, 0.6) is 0 Å². The van der Waals surface area contributed by atoms with Crippen LogP contribution in [0.3, 0.4) is 0 Å². The number of hydrogen-bond donors (Lipinski definition) is 2. The smallest absolute Gasteiger partial charge is 0.319 e. The van der Waals surface area contributed by atoms with Gasteiger partial charge >= 0.3 is 6.03 Å². The van der Waals surface area contributed by atoms with Crippen LogP contribution in [-0.2, 0) is 13.0 Å². The first-order valence-electron chi connectivity index (χ1n) is 10.1. The Hall–Kier alpha value is -3.60. The maximum Gasteiger partial charge on any atom is 0.319 e. The Morgan fingerprint density at radius 3 is 2.57 bits per heavy atom. The van der Waals surface area contributed by atoms with Crippen molar-refractivity contribution in [3.8, 4) is 0 Å². The molecule has 1 heterocycles. The van der Waals surface area contributed by atoms with Gasteiger partial charge in [0.25, 0.3) is 5.91 Å². The van der Waals surface area contributed by atoms with Crippen LogP contribution in [0.1, 0.15) is 34.0 Å². The summed E-state index contributed by atoms with van der Waals surface area (Å²) in [6, 6.07) is 22.9. The van der Waals surface area contributed by atoms with Crippen LogP contribution in [0.15, 0.2) is 72.8 Å². The van der Waals surface area contributed by atoms with E-state index in [1.807, 2.05) is 78.6 Å². The molecular weight excluding hydrogens is 374 g/mol. The van der Waals surface area contributed by atoms with Crippen LogP contribution in [0.2, 0.25) is 0 Å². The van der Waals surface area contributed by atoms with Crippen LogP contribution >= 0.6 is 0 Å². The molecule has 0 saturated carbocycles. The number of fused-ring (bicyclic) bond motifs is 1. The number of carbonyl (C=O) groups excluding carboxylic acids is 2. The number of anilines is 2. The normalized spacial score (nSPS) is 14.9. The van der Waals surface area contributed by atoms with E-state index in [2.05, 4.69) is 23.6 Å². The molecule has 0 fully saturated rings. The number of nitrogens with zero attached hydrogens (tertiary/aromatic N) is 1. The fourth-order valence-electron chi connectivity index (χ4n) is 3.87. The van der Waals surface area contributed by atoms with Crippen molar-refractivity contribution < 1.29 is 9.59 Å². The summed E-state index contributed by atoms with van der Waals surface area (Å²) in [4.78, 5) is 27.2. The quantitative estimate of drug-likeness (QED) is 0.655. The second-order valence-electron chi connectivity index (χ2n) is 7.73. The summed E-state index contributed by atoms with van der Waals surface area (Å²) in [5.74, 6) is 0.00384. The van der Waals surface area contributed by atoms with Crippen molar-refractivity contribution in [3.63, 3.8) is 0 Å². The third kappa shape index (κ3) is 4.20. The molecule has 152 valence electrons. The topological polar surface area (TPSA) is 61.4 Å². The molecule has 1 aliphatic rings. The summed E-state index contributed by atoms with van der Waals surface area (Å²) < 4.78 is 0. The standard InChI is InChI=1S/C25H25N3O2/c1-17-7-6-10-22(13-17)27-25(30)26-16-19-11-12-21-14-18(2)28(23(21)15-19)24(29)20-8-4-3-5-9-20/h3-13,15,18H,14,16H2,1-2H3,(H2,26,27,30). The van der Waals surface area contributed by atoms with Gasteiger partial charge in [-0.25, -0.2) is 4.79 Å². The van der Waals surface area contributed by atoms with E-state index in [0.29, 0.717) is 12.1 Å². The number of nitrogens with one attached hydrogen (secondary N) is 2. The summed E-state index contributed by atoms with van der Waals surface area (Å²) >= 11 is 0. The van der Waals surface area contributed by atoms with Gasteiger partial charge in [0.05, 0.1) is 0 Å². The van der Waals surface area contributed by atoms with E-state index < -0.39 is 0 Å². The van der Waals surface area contributed by atoms with Crippen molar-refractivity contribution in [3.05, 3.63) is 95.1 Å². The van der Waals surface area contributed by atoms with Gasteiger partial charge in [0.15, 0.2) is 0 Å². The summed E-state index contributed by atoms with van der Waals surface area (Å²) in [6.45, 7) is 4.43. The lowest BCUT2D eigenvalue weighted by molar-refractivity contribution is 0.0981. The molecule has 30 heavy (non-hydrogen) atoms. The molecule has 3 aromatic carbocycles. The lowest BCUT2D eigenvalue weighted by Crippen LogP contribution is -2.35. The van der Waals surface area contributed by atoms with Crippen LogP contribution in [0.4, 0.5) is 16.2 Å². The van der Waals surface area contributed by atoms with Crippen LogP contribution in [0.25, 0.3) is 0 Å². The maximum atomic E-state index is 13.1. The van der Waals surface area contributed by atoms with Gasteiger partial charge in [-0.15, -0.1) is 0 Å². The highest BCUT2D eigenvalue weighted by molar-refractivity contribution is 6.07. The minimum atomic E-state index is -0.258. The molecule has 0 bridgehead atoms. The minimum absolute atomic E-state index is 0.00384. The SMILES string of the molecule is Cc1cccc(NC(=O)NCc2ccc3c(c2)N(C(=O)c2ccccc2)C(C)C3)c1. The molecule has 1 aliphatic heterocycles. The molecule has 4 rings (SSSR count). The number of hydrogen-bond acceptors (Lipinski definition) is 2. The van der Waals surface area contributed by atoms with Gasteiger partial charge in [0.2, 0.25) is 0 Å². The Balaban J connectivity index is 1.46. The van der Waals surface area contributed by atoms with E-state index in [0.717, 1.165) is 34.5 Å². The van der Waals surface area contributed by atoms with Crippen molar-refractivity contribution in [2.75, 3.05) is 10.2 Å². The van der Waals surface area contributed by atoms with Crippen molar-refractivity contribution >= 4 is 23.3 Å². The number of benzene rings is 3. The van der Waals surface area contributed by atoms with E-state index >= 15 is 0 Å². The number of aryl methyl sites for hydroxylation is 1. The van der Waals surface area contributed by atoms with Gasteiger partial charge in [-0.1, -0.05) is 42.5 Å². The largest absolute Gasteiger partial charge is 0.334 e. The number of carbonyl (C=O) groups is 2. The molecule has 0 saturated heterocycles. The number of urea groups is 1. The van der Waals surface area contributed by atoms with E-state index in [1.54, 1.807) is 0 Å². The molecule has 3 aromatic rings. The first-order valence-corrected chi connectivity index (χ1v) is 10.1. The first kappa shape index (κ1) is 19.7. The molecular formula is C25H25N3O2. The molecule has 3 amide bonds. The van der Waals surface area contributed by atoms with Gasteiger partial charge in [0.1, 0.15) is 0 Å². The van der Waals surface area contributed by atoms with E-state index in [1.165, 1.54) is 0 Å². The third-order valence-corrected chi connectivity index (χ3v) is 5.33. The van der Waals surface area contributed by atoms with Crippen molar-refractivity contribution in [1.29, 1.82) is 0 Å². The molecule has 5 nitrogen and oxygen atoms in total. The fraction of sp³-hybridized carbons (Fsp3) is 0.200. The predicted molar refractivity (Wildman–Crippen MR) is 120 cm³/mol. The molecule has 0 radical (unpaired) electrons. The Morgan fingerprint density at radius 2 is 1.80 bits per heavy atom. The van der Waals surface area contributed by atoms with Crippen LogP contribution in [-0.4, -0.2) is 18.0 Å². The van der Waals surface area contributed by atoms with Gasteiger partial charge in [-0.05, 0) is 67.3 Å². The zero-order valence-electron chi connectivity index (χ0n) is 17.2. The first-order chi connectivity index (χ1) is 14.5. The highest BCUT2D eigenvalue weighted by Gasteiger charge is 2.31. The predicted octanol–water partition coefficient (Wildman–Crippen LogP) is 4.91. The second kappa shape index (κ2) is 8.41. The van der Waals surface area contributed by atoms with Gasteiger partial charge < -0.3 is 15.5 Å². The Kier molecular flexibility index (Phi) is 5.53. The number of rotatable bonds is 4. The van der Waals surface area contributed by atoms with E-state index in [4.69, 9.17) is 0 Å². The minimum Gasteiger partial charge on any atom is -0.334 e. The summed E-state index contributed by atoms with van der Waals surface area (Å²) in [6.07, 6.45) is 0.829. The fourth-order valence-corrected chi connectivity index (χ4v) is 3.87. The maximum absolute atomic E-state index is 13.1. The molecule has 1 unspecified atom stereocenters. The third-order valence-electron chi connectivity index (χ3n) is 5.33. The number of amides is 3. The molecule has 0 spiro atoms. The lowest BCUT2D eigenvalue weighted by atomic mass is 10.1. The van der Waals surface area contributed by atoms with Crippen LogP contribution < -0.4 is 15.5 Å². The van der Waals surface area contributed by atoms with Crippen molar-refractivity contribution in [2.24, 2.45) is 0 Å². The van der Waals surface area contributed by atoms with Crippen molar-refractivity contribution in [2.45, 2.75) is 32.9 Å². The molecule has 0 aromatic heterocycles. The zero-order chi connectivity index (χ0) is 21.1. The van der Waals surface area contributed by atoms with Crippen molar-refractivity contribution in [1.82, 2.24) is 5.32 Å². The summed E-state index contributed by atoms with van der Waals surface area (Å²) in [5.41, 5.74) is 5.56. The van der Waals surface area contributed by atoms with Crippen LogP contribution in [0, 0.1) is 6.92 Å². The monoisotopic (exact) mass is 399 g/mol. The average molecular weight is 399 g/mol. The highest BCUT2D eigenvalue weighted by atomic mass is 16.2. The lowest BCUT2D eigenvalue weighted by Gasteiger charge is -2.23.